The second-order valence-electron chi connectivity index (χ2n) is 5.41. The van der Waals surface area contributed by atoms with Crippen molar-refractivity contribution in [3.05, 3.63) is 64.6 Å². The highest BCUT2D eigenvalue weighted by molar-refractivity contribution is 5.25. The third-order valence-electron chi connectivity index (χ3n) is 4.00. The van der Waals surface area contributed by atoms with Crippen molar-refractivity contribution in [2.75, 3.05) is 0 Å². The fourth-order valence-corrected chi connectivity index (χ4v) is 2.84. The molecule has 6 nitrogen and oxygen atoms in total. The van der Waals surface area contributed by atoms with Gasteiger partial charge in [0.05, 0.1) is 6.04 Å². The summed E-state index contributed by atoms with van der Waals surface area (Å²) in [6.07, 6.45) is 2.35. The Kier molecular flexibility index (Phi) is 2.75. The highest BCUT2D eigenvalue weighted by atomic mass is 19.1. The van der Waals surface area contributed by atoms with Crippen molar-refractivity contribution < 1.29 is 4.39 Å². The zero-order valence-corrected chi connectivity index (χ0v) is 11.9. The lowest BCUT2D eigenvalue weighted by atomic mass is 10.0. The maximum atomic E-state index is 14.3. The van der Waals surface area contributed by atoms with E-state index in [0.29, 0.717) is 6.42 Å². The predicted octanol–water partition coefficient (Wildman–Crippen LogP) is 1.77. The standard InChI is InChI=1S/C15H14FN5O/c1-19-7-8-20(15(19)22)14-17-13-11(16)9-12(21(13)18-14)10-5-3-2-4-6-10/h2-8,11-12H,9H2,1H3/t11-,12-/m0/s1. The summed E-state index contributed by atoms with van der Waals surface area (Å²) in [6.45, 7) is 0. The Morgan fingerprint density at radius 3 is 2.68 bits per heavy atom. The number of fused-ring (bicyclic) bond motifs is 1. The van der Waals surface area contributed by atoms with E-state index < -0.39 is 6.17 Å². The van der Waals surface area contributed by atoms with Gasteiger partial charge < -0.3 is 4.57 Å². The van der Waals surface area contributed by atoms with Crippen LogP contribution in [0.25, 0.3) is 5.95 Å². The topological polar surface area (TPSA) is 57.6 Å². The molecule has 3 heterocycles. The van der Waals surface area contributed by atoms with Crippen molar-refractivity contribution in [3.63, 3.8) is 0 Å². The minimum absolute atomic E-state index is 0.188. The molecule has 0 N–H and O–H groups in total. The Hall–Kier alpha value is -2.70. The molecule has 0 bridgehead atoms. The smallest absolute Gasteiger partial charge is 0.302 e. The molecular formula is C15H14FN5O. The van der Waals surface area contributed by atoms with Crippen LogP contribution in [-0.4, -0.2) is 23.9 Å². The van der Waals surface area contributed by atoms with Gasteiger partial charge in [-0.1, -0.05) is 30.3 Å². The van der Waals surface area contributed by atoms with Gasteiger partial charge in [0.1, 0.15) is 0 Å². The molecule has 4 rings (SSSR count). The molecule has 22 heavy (non-hydrogen) atoms. The number of imidazole rings is 1. The molecule has 0 unspecified atom stereocenters. The molecule has 2 atom stereocenters. The Labute approximate surface area is 125 Å². The number of hydrogen-bond donors (Lipinski definition) is 0. The number of aryl methyl sites for hydroxylation is 1. The van der Waals surface area contributed by atoms with Crippen LogP contribution in [-0.2, 0) is 7.05 Å². The van der Waals surface area contributed by atoms with Crippen molar-refractivity contribution >= 4 is 0 Å². The molecule has 7 heteroatoms. The van der Waals surface area contributed by atoms with Crippen LogP contribution in [0.4, 0.5) is 4.39 Å². The normalized spacial score (nSPS) is 20.3. The summed E-state index contributed by atoms with van der Waals surface area (Å²) in [4.78, 5) is 16.2. The number of alkyl halides is 1. The molecule has 1 aromatic carbocycles. The van der Waals surface area contributed by atoms with Crippen LogP contribution in [0.5, 0.6) is 0 Å². The molecule has 0 saturated carbocycles. The van der Waals surface area contributed by atoms with Gasteiger partial charge >= 0.3 is 5.69 Å². The van der Waals surface area contributed by atoms with Gasteiger partial charge in [0.25, 0.3) is 5.95 Å². The maximum absolute atomic E-state index is 14.3. The number of hydrogen-bond acceptors (Lipinski definition) is 3. The zero-order valence-electron chi connectivity index (χ0n) is 11.9. The Morgan fingerprint density at radius 1 is 1.23 bits per heavy atom. The molecule has 112 valence electrons. The van der Waals surface area contributed by atoms with E-state index in [9.17, 15) is 9.18 Å². The van der Waals surface area contributed by atoms with Crippen LogP contribution in [0, 0.1) is 0 Å². The van der Waals surface area contributed by atoms with Crippen molar-refractivity contribution in [2.24, 2.45) is 7.05 Å². The molecule has 1 aliphatic heterocycles. The van der Waals surface area contributed by atoms with Crippen LogP contribution in [0.3, 0.4) is 0 Å². The Morgan fingerprint density at radius 2 is 2.00 bits per heavy atom. The molecule has 1 aliphatic rings. The molecular weight excluding hydrogens is 285 g/mol. The van der Waals surface area contributed by atoms with E-state index in [2.05, 4.69) is 10.1 Å². The molecule has 0 radical (unpaired) electrons. The lowest BCUT2D eigenvalue weighted by Gasteiger charge is -2.11. The molecule has 0 saturated heterocycles. The van der Waals surface area contributed by atoms with Gasteiger partial charge in [0, 0.05) is 25.9 Å². The van der Waals surface area contributed by atoms with Gasteiger partial charge in [-0.25, -0.2) is 18.4 Å². The van der Waals surface area contributed by atoms with Gasteiger partial charge in [-0.05, 0) is 5.56 Å². The first-order valence-corrected chi connectivity index (χ1v) is 7.05. The van der Waals surface area contributed by atoms with Crippen molar-refractivity contribution in [2.45, 2.75) is 18.6 Å². The van der Waals surface area contributed by atoms with Crippen LogP contribution in [0.15, 0.2) is 47.5 Å². The summed E-state index contributed by atoms with van der Waals surface area (Å²) < 4.78 is 18.6. The zero-order chi connectivity index (χ0) is 15.3. The van der Waals surface area contributed by atoms with E-state index in [1.807, 2.05) is 30.3 Å². The molecule has 0 spiro atoms. The molecule has 0 amide bonds. The number of aromatic nitrogens is 5. The predicted molar refractivity (Wildman–Crippen MR) is 77.6 cm³/mol. The van der Waals surface area contributed by atoms with E-state index in [1.165, 1.54) is 9.13 Å². The van der Waals surface area contributed by atoms with Gasteiger partial charge in [-0.2, -0.15) is 4.98 Å². The van der Waals surface area contributed by atoms with Crippen LogP contribution < -0.4 is 5.69 Å². The summed E-state index contributed by atoms with van der Waals surface area (Å²) in [5.41, 5.74) is 0.733. The second-order valence-corrected chi connectivity index (χ2v) is 5.41. The molecule has 3 aromatic rings. The second kappa shape index (κ2) is 4.66. The van der Waals surface area contributed by atoms with Crippen molar-refractivity contribution in [1.82, 2.24) is 23.9 Å². The monoisotopic (exact) mass is 299 g/mol. The van der Waals surface area contributed by atoms with Crippen molar-refractivity contribution in [3.8, 4) is 5.95 Å². The average molecular weight is 299 g/mol. The first-order valence-electron chi connectivity index (χ1n) is 7.05. The third kappa shape index (κ3) is 1.82. The molecule has 0 aliphatic carbocycles. The summed E-state index contributed by atoms with van der Waals surface area (Å²) in [6, 6.07) is 9.46. The Balaban J connectivity index is 1.81. The van der Waals surface area contributed by atoms with Gasteiger partial charge in [0.2, 0.25) is 0 Å². The fraction of sp³-hybridized carbons (Fsp3) is 0.267. The van der Waals surface area contributed by atoms with Gasteiger partial charge in [0.15, 0.2) is 12.0 Å². The lowest BCUT2D eigenvalue weighted by Crippen LogP contribution is -2.21. The van der Waals surface area contributed by atoms with E-state index in [4.69, 9.17) is 0 Å². The number of benzene rings is 1. The number of nitrogens with zero attached hydrogens (tertiary/aromatic N) is 5. The average Bonchev–Trinajstić information content (AvgIpc) is 3.18. The van der Waals surface area contributed by atoms with Crippen LogP contribution in [0.2, 0.25) is 0 Å². The quantitative estimate of drug-likeness (QED) is 0.724. The lowest BCUT2D eigenvalue weighted by molar-refractivity contribution is 0.328. The summed E-state index contributed by atoms with van der Waals surface area (Å²) >= 11 is 0. The minimum Gasteiger partial charge on any atom is -0.302 e. The van der Waals surface area contributed by atoms with E-state index in [0.717, 1.165) is 5.56 Å². The highest BCUT2D eigenvalue weighted by Gasteiger charge is 2.35. The van der Waals surface area contributed by atoms with Gasteiger partial charge in [-0.15, -0.1) is 5.10 Å². The van der Waals surface area contributed by atoms with Crippen molar-refractivity contribution in [1.29, 1.82) is 0 Å². The SMILES string of the molecule is Cn1ccn(-c2nc3n(n2)[C@H](c2ccccc2)C[C@@H]3F)c1=O. The summed E-state index contributed by atoms with van der Waals surface area (Å²) in [5, 5.41) is 4.36. The maximum Gasteiger partial charge on any atom is 0.334 e. The van der Waals surface area contributed by atoms with E-state index >= 15 is 0 Å². The first-order chi connectivity index (χ1) is 10.6. The number of rotatable bonds is 2. The molecule has 0 fully saturated rings. The van der Waals surface area contributed by atoms with Gasteiger partial charge in [-0.3, -0.25) is 0 Å². The van der Waals surface area contributed by atoms with E-state index in [1.54, 1.807) is 24.1 Å². The van der Waals surface area contributed by atoms with Crippen LogP contribution >= 0.6 is 0 Å². The largest absolute Gasteiger partial charge is 0.334 e. The Bertz CT molecular complexity index is 879. The molecule has 2 aromatic heterocycles. The number of halogens is 1. The summed E-state index contributed by atoms with van der Waals surface area (Å²) in [7, 11) is 1.65. The van der Waals surface area contributed by atoms with E-state index in [-0.39, 0.29) is 23.5 Å². The summed E-state index contributed by atoms with van der Waals surface area (Å²) in [5.74, 6) is 0.489. The minimum atomic E-state index is -1.18. The fourth-order valence-electron chi connectivity index (χ4n) is 2.84. The highest BCUT2D eigenvalue weighted by Crippen LogP contribution is 2.39. The van der Waals surface area contributed by atoms with Crippen LogP contribution in [0.1, 0.15) is 30.0 Å². The first kappa shape index (κ1) is 13.0. The third-order valence-corrected chi connectivity index (χ3v) is 4.00.